The Kier molecular flexibility index (Phi) is 4.68. The van der Waals surface area contributed by atoms with E-state index in [1.165, 1.54) is 12.8 Å². The number of hydrogen-bond acceptors (Lipinski definition) is 3. The van der Waals surface area contributed by atoms with Gasteiger partial charge < -0.3 is 14.8 Å². The molecule has 1 aliphatic heterocycles. The molecule has 2 aliphatic rings. The third kappa shape index (κ3) is 3.41. The van der Waals surface area contributed by atoms with E-state index in [0.717, 1.165) is 25.8 Å². The Morgan fingerprint density at radius 1 is 1.39 bits per heavy atom. The number of nitrogens with one attached hydrogen (secondary N) is 1. The average Bonchev–Trinajstić information content (AvgIpc) is 3.26. The Morgan fingerprint density at radius 2 is 2.17 bits per heavy atom. The van der Waals surface area contributed by atoms with Crippen LogP contribution in [0.15, 0.2) is 18.7 Å². The minimum atomic E-state index is -0.686. The summed E-state index contributed by atoms with van der Waals surface area (Å²) in [7, 11) is 0. The van der Waals surface area contributed by atoms with Gasteiger partial charge in [0.25, 0.3) is 0 Å². The third-order valence-corrected chi connectivity index (χ3v) is 5.26. The van der Waals surface area contributed by atoms with Gasteiger partial charge in [0.05, 0.1) is 6.33 Å². The number of nitrogens with zero attached hydrogens (tertiary/aromatic N) is 3. The Bertz CT molecular complexity index is 551. The summed E-state index contributed by atoms with van der Waals surface area (Å²) in [6, 6.07) is 0.294. The second-order valence-corrected chi connectivity index (χ2v) is 6.93. The molecule has 0 aromatic carbocycles. The lowest BCUT2D eigenvalue weighted by Crippen LogP contribution is -2.56. The quantitative estimate of drug-likeness (QED) is 0.868. The van der Waals surface area contributed by atoms with E-state index in [0.29, 0.717) is 25.4 Å². The van der Waals surface area contributed by atoms with E-state index in [4.69, 9.17) is 0 Å². The lowest BCUT2D eigenvalue weighted by atomic mass is 9.96. The maximum absolute atomic E-state index is 12.8. The molecule has 1 unspecified atom stereocenters. The summed E-state index contributed by atoms with van der Waals surface area (Å²) in [5, 5.41) is 3.17. The number of amides is 2. The molecule has 2 heterocycles. The molecule has 2 fully saturated rings. The number of likely N-dealkylation sites (tertiary alicyclic amines) is 1. The van der Waals surface area contributed by atoms with Crippen LogP contribution >= 0.6 is 0 Å². The number of aromatic nitrogens is 2. The average molecular weight is 318 g/mol. The van der Waals surface area contributed by atoms with Crippen molar-refractivity contribution >= 4 is 11.8 Å². The van der Waals surface area contributed by atoms with Gasteiger partial charge in [-0.3, -0.25) is 9.59 Å². The van der Waals surface area contributed by atoms with Gasteiger partial charge in [0.15, 0.2) is 0 Å². The highest BCUT2D eigenvalue weighted by Crippen LogP contribution is 2.31. The lowest BCUT2D eigenvalue weighted by molar-refractivity contribution is -0.141. The van der Waals surface area contributed by atoms with Crippen LogP contribution < -0.4 is 5.32 Å². The third-order valence-electron chi connectivity index (χ3n) is 5.26. The summed E-state index contributed by atoms with van der Waals surface area (Å²) >= 11 is 0. The fourth-order valence-electron chi connectivity index (χ4n) is 3.74. The molecule has 0 bridgehead atoms. The monoisotopic (exact) mass is 318 g/mol. The van der Waals surface area contributed by atoms with Crippen molar-refractivity contribution in [3.63, 3.8) is 0 Å². The molecule has 1 aromatic heterocycles. The first-order valence-corrected chi connectivity index (χ1v) is 8.67. The van der Waals surface area contributed by atoms with E-state index in [1.807, 2.05) is 17.7 Å². The molecule has 23 heavy (non-hydrogen) atoms. The van der Waals surface area contributed by atoms with Crippen LogP contribution in [0, 0.1) is 0 Å². The zero-order valence-electron chi connectivity index (χ0n) is 13.8. The van der Waals surface area contributed by atoms with Gasteiger partial charge in [0, 0.05) is 37.9 Å². The molecule has 1 saturated heterocycles. The van der Waals surface area contributed by atoms with Crippen molar-refractivity contribution < 1.29 is 9.59 Å². The first-order chi connectivity index (χ1) is 11.1. The van der Waals surface area contributed by atoms with Crippen LogP contribution in [0.25, 0.3) is 0 Å². The molecule has 2 amide bonds. The number of aryl methyl sites for hydroxylation is 1. The molecule has 6 heteroatoms. The summed E-state index contributed by atoms with van der Waals surface area (Å²) < 4.78 is 2.00. The van der Waals surface area contributed by atoms with Gasteiger partial charge in [-0.25, -0.2) is 4.98 Å². The predicted octanol–water partition coefficient (Wildman–Crippen LogP) is 1.71. The minimum Gasteiger partial charge on any atom is -0.351 e. The van der Waals surface area contributed by atoms with E-state index in [-0.39, 0.29) is 11.8 Å². The van der Waals surface area contributed by atoms with Crippen molar-refractivity contribution in [1.29, 1.82) is 0 Å². The summed E-state index contributed by atoms with van der Waals surface area (Å²) in [6.45, 7) is 3.34. The molecule has 0 radical (unpaired) electrons. The van der Waals surface area contributed by atoms with Crippen molar-refractivity contribution in [1.82, 2.24) is 19.8 Å². The van der Waals surface area contributed by atoms with Gasteiger partial charge in [0.1, 0.15) is 5.54 Å². The Balaban J connectivity index is 1.59. The van der Waals surface area contributed by atoms with Crippen LogP contribution in [-0.4, -0.2) is 44.4 Å². The smallest absolute Gasteiger partial charge is 0.245 e. The van der Waals surface area contributed by atoms with Crippen LogP contribution in [0.3, 0.4) is 0 Å². The fraction of sp³-hybridized carbons (Fsp3) is 0.706. The van der Waals surface area contributed by atoms with E-state index in [9.17, 15) is 9.59 Å². The summed E-state index contributed by atoms with van der Waals surface area (Å²) in [5.74, 6) is 0.123. The van der Waals surface area contributed by atoms with Gasteiger partial charge in [0.2, 0.25) is 11.8 Å². The largest absolute Gasteiger partial charge is 0.351 e. The van der Waals surface area contributed by atoms with E-state index >= 15 is 0 Å². The Labute approximate surface area is 137 Å². The first-order valence-electron chi connectivity index (χ1n) is 8.67. The molecule has 1 saturated carbocycles. The van der Waals surface area contributed by atoms with Crippen molar-refractivity contribution in [3.8, 4) is 0 Å². The molecule has 6 nitrogen and oxygen atoms in total. The number of imidazole rings is 1. The van der Waals surface area contributed by atoms with Gasteiger partial charge in [-0.05, 0) is 32.6 Å². The van der Waals surface area contributed by atoms with Crippen LogP contribution in [0.5, 0.6) is 0 Å². The number of carbonyl (C=O) groups excluding carboxylic acids is 2. The van der Waals surface area contributed by atoms with Crippen LogP contribution in [0.2, 0.25) is 0 Å². The van der Waals surface area contributed by atoms with Gasteiger partial charge in [-0.2, -0.15) is 0 Å². The Morgan fingerprint density at radius 3 is 2.87 bits per heavy atom. The molecule has 126 valence electrons. The second kappa shape index (κ2) is 6.72. The highest BCUT2D eigenvalue weighted by molar-refractivity contribution is 5.94. The number of rotatable bonds is 6. The molecular formula is C17H26N4O2. The summed E-state index contributed by atoms with van der Waals surface area (Å²) in [6.07, 6.45) is 11.9. The van der Waals surface area contributed by atoms with Crippen molar-refractivity contribution in [2.75, 3.05) is 6.54 Å². The van der Waals surface area contributed by atoms with E-state index in [1.54, 1.807) is 17.4 Å². The maximum atomic E-state index is 12.8. The predicted molar refractivity (Wildman–Crippen MR) is 86.6 cm³/mol. The van der Waals surface area contributed by atoms with E-state index in [2.05, 4.69) is 10.3 Å². The van der Waals surface area contributed by atoms with Crippen molar-refractivity contribution in [2.24, 2.45) is 0 Å². The first kappa shape index (κ1) is 16.0. The Hall–Kier alpha value is -1.85. The van der Waals surface area contributed by atoms with Gasteiger partial charge in [-0.15, -0.1) is 0 Å². The minimum absolute atomic E-state index is 0.0258. The maximum Gasteiger partial charge on any atom is 0.245 e. The molecular weight excluding hydrogens is 292 g/mol. The summed E-state index contributed by atoms with van der Waals surface area (Å²) in [5.41, 5.74) is -0.686. The van der Waals surface area contributed by atoms with Gasteiger partial charge >= 0.3 is 0 Å². The fourth-order valence-corrected chi connectivity index (χ4v) is 3.74. The van der Waals surface area contributed by atoms with Crippen LogP contribution in [0.4, 0.5) is 0 Å². The number of hydrogen-bond donors (Lipinski definition) is 1. The highest BCUT2D eigenvalue weighted by atomic mass is 16.2. The highest BCUT2D eigenvalue weighted by Gasteiger charge is 2.47. The standard InChI is InChI=1S/C17H26N4O2/c1-17(16(23)19-14-5-2-3-6-14)8-7-15(22)21(17)11-4-10-20-12-9-18-13-20/h9,12-14H,2-8,10-11H2,1H3,(H,19,23). The lowest BCUT2D eigenvalue weighted by Gasteiger charge is -2.35. The SMILES string of the molecule is CC1(C(=O)NC2CCCC2)CCC(=O)N1CCCn1ccnc1. The molecule has 3 rings (SSSR count). The normalized spacial score (nSPS) is 25.3. The van der Waals surface area contributed by atoms with Crippen LogP contribution in [0.1, 0.15) is 51.9 Å². The molecule has 1 N–H and O–H groups in total. The topological polar surface area (TPSA) is 67.2 Å². The summed E-state index contributed by atoms with van der Waals surface area (Å²) in [4.78, 5) is 30.8. The molecule has 0 spiro atoms. The molecule has 1 aliphatic carbocycles. The second-order valence-electron chi connectivity index (χ2n) is 6.93. The number of carbonyl (C=O) groups is 2. The van der Waals surface area contributed by atoms with Crippen LogP contribution in [-0.2, 0) is 16.1 Å². The zero-order chi connectivity index (χ0) is 16.3. The van der Waals surface area contributed by atoms with Gasteiger partial charge in [-0.1, -0.05) is 12.8 Å². The van der Waals surface area contributed by atoms with Crippen molar-refractivity contribution in [3.05, 3.63) is 18.7 Å². The molecule has 1 aromatic rings. The van der Waals surface area contributed by atoms with E-state index < -0.39 is 5.54 Å². The zero-order valence-corrected chi connectivity index (χ0v) is 13.8. The molecule has 1 atom stereocenters. The van der Waals surface area contributed by atoms with Crippen molar-refractivity contribution in [2.45, 2.75) is 70.0 Å².